The molecule has 4 aliphatic carbocycles. The summed E-state index contributed by atoms with van der Waals surface area (Å²) >= 11 is 0. The predicted molar refractivity (Wildman–Crippen MR) is 121 cm³/mol. The average molecular weight is 499 g/mol. The van der Waals surface area contributed by atoms with Crippen LogP contribution in [0.15, 0.2) is 29.2 Å². The Morgan fingerprint density at radius 2 is 1.56 bits per heavy atom. The van der Waals surface area contributed by atoms with Crippen molar-refractivity contribution in [3.8, 4) is 0 Å². The Bertz CT molecular complexity index is 1010. The first-order valence-corrected chi connectivity index (χ1v) is 13.8. The third-order valence-corrected chi connectivity index (χ3v) is 10.7. The average Bonchev–Trinajstić information content (AvgIpc) is 2.77. The van der Waals surface area contributed by atoms with Gasteiger partial charge < -0.3 is 4.90 Å². The summed E-state index contributed by atoms with van der Waals surface area (Å²) in [5.41, 5.74) is -0.909. The number of rotatable bonds is 5. The monoisotopic (exact) mass is 498 g/mol. The van der Waals surface area contributed by atoms with Gasteiger partial charge in [0.05, 0.1) is 10.5 Å². The lowest BCUT2D eigenvalue weighted by molar-refractivity contribution is -0.140. The lowest BCUT2D eigenvalue weighted by Crippen LogP contribution is -2.52. The number of hydrogen-bond donors (Lipinski definition) is 0. The van der Waals surface area contributed by atoms with Gasteiger partial charge >= 0.3 is 6.18 Å². The van der Waals surface area contributed by atoms with Crippen LogP contribution in [-0.2, 0) is 21.0 Å². The lowest BCUT2D eigenvalue weighted by atomic mass is 9.49. The van der Waals surface area contributed by atoms with Gasteiger partial charge in [-0.05, 0) is 86.7 Å². The van der Waals surface area contributed by atoms with Crippen molar-refractivity contribution < 1.29 is 26.4 Å². The van der Waals surface area contributed by atoms with Crippen LogP contribution in [0.3, 0.4) is 0 Å². The molecule has 0 unspecified atom stereocenters. The van der Waals surface area contributed by atoms with Crippen molar-refractivity contribution in [3.63, 3.8) is 0 Å². The molecule has 0 aromatic heterocycles. The Kier molecular flexibility index (Phi) is 6.03. The van der Waals surface area contributed by atoms with Crippen LogP contribution in [0.4, 0.5) is 13.2 Å². The molecule has 6 rings (SSSR count). The van der Waals surface area contributed by atoms with Crippen molar-refractivity contribution in [2.24, 2.45) is 29.1 Å². The summed E-state index contributed by atoms with van der Waals surface area (Å²) in [5, 5.41) is 0. The van der Waals surface area contributed by atoms with E-state index in [0.29, 0.717) is 12.8 Å². The van der Waals surface area contributed by atoms with Crippen LogP contribution in [0, 0.1) is 29.1 Å². The maximum atomic E-state index is 13.4. The van der Waals surface area contributed by atoms with Gasteiger partial charge in [-0.15, -0.1) is 0 Å². The van der Waals surface area contributed by atoms with E-state index < -0.39 is 26.7 Å². The SMILES string of the molecule is CN(CC12CC3CC(CC(C3)C1)C2)C(=O)C1CCN(S(=O)(=O)c2ccccc2C(F)(F)F)CC1. The number of halogens is 3. The van der Waals surface area contributed by atoms with Crippen LogP contribution in [0.1, 0.15) is 56.9 Å². The van der Waals surface area contributed by atoms with Crippen molar-refractivity contribution in [2.45, 2.75) is 62.4 Å². The fraction of sp³-hybridized carbons (Fsp3) is 0.720. The summed E-state index contributed by atoms with van der Waals surface area (Å²) in [7, 11) is -2.43. The van der Waals surface area contributed by atoms with Gasteiger partial charge in [0.15, 0.2) is 0 Å². The van der Waals surface area contributed by atoms with Gasteiger partial charge in [-0.1, -0.05) is 12.1 Å². The number of benzene rings is 1. The quantitative estimate of drug-likeness (QED) is 0.587. The summed E-state index contributed by atoms with van der Waals surface area (Å²) in [5.74, 6) is 2.18. The van der Waals surface area contributed by atoms with E-state index in [0.717, 1.165) is 40.7 Å². The molecule has 5 fully saturated rings. The van der Waals surface area contributed by atoms with Crippen LogP contribution in [0.2, 0.25) is 0 Å². The molecule has 1 aromatic carbocycles. The Morgan fingerprint density at radius 1 is 1.03 bits per heavy atom. The van der Waals surface area contributed by atoms with Crippen LogP contribution in [-0.4, -0.2) is 50.2 Å². The Morgan fingerprint density at radius 3 is 2.09 bits per heavy atom. The zero-order chi connectivity index (χ0) is 24.3. The first-order valence-electron chi connectivity index (χ1n) is 12.4. The number of carbonyl (C=O) groups is 1. The molecule has 9 heteroatoms. The van der Waals surface area contributed by atoms with Crippen molar-refractivity contribution in [1.82, 2.24) is 9.21 Å². The highest BCUT2D eigenvalue weighted by Crippen LogP contribution is 2.60. The third kappa shape index (κ3) is 4.38. The van der Waals surface area contributed by atoms with Gasteiger partial charge in [-0.2, -0.15) is 17.5 Å². The fourth-order valence-corrected chi connectivity index (χ4v) is 9.47. The van der Waals surface area contributed by atoms with E-state index in [9.17, 15) is 26.4 Å². The minimum atomic E-state index is -4.75. The normalized spacial score (nSPS) is 32.2. The lowest BCUT2D eigenvalue weighted by Gasteiger charge is -2.57. The molecule has 34 heavy (non-hydrogen) atoms. The maximum Gasteiger partial charge on any atom is 0.417 e. The largest absolute Gasteiger partial charge is 0.417 e. The zero-order valence-corrected chi connectivity index (χ0v) is 20.4. The Balaban J connectivity index is 1.22. The number of alkyl halides is 3. The molecule has 0 atom stereocenters. The van der Waals surface area contributed by atoms with Gasteiger partial charge in [-0.25, -0.2) is 8.42 Å². The summed E-state index contributed by atoms with van der Waals surface area (Å²) in [4.78, 5) is 14.4. The Hall–Kier alpha value is -1.61. The molecule has 1 heterocycles. The maximum absolute atomic E-state index is 13.4. The van der Waals surface area contributed by atoms with Gasteiger partial charge in [0.25, 0.3) is 0 Å². The van der Waals surface area contributed by atoms with Crippen LogP contribution < -0.4 is 0 Å². The van der Waals surface area contributed by atoms with E-state index in [1.807, 2.05) is 11.9 Å². The van der Waals surface area contributed by atoms with Crippen molar-refractivity contribution in [1.29, 1.82) is 0 Å². The second kappa shape index (κ2) is 8.50. The number of piperidine rings is 1. The molecule has 188 valence electrons. The first-order chi connectivity index (χ1) is 16.0. The smallest absolute Gasteiger partial charge is 0.345 e. The molecule has 4 bridgehead atoms. The topological polar surface area (TPSA) is 57.7 Å². The third-order valence-electron chi connectivity index (χ3n) is 8.73. The summed E-state index contributed by atoms with van der Waals surface area (Å²) in [6.45, 7) is 0.874. The van der Waals surface area contributed by atoms with Gasteiger partial charge in [-0.3, -0.25) is 4.79 Å². The number of hydrogen-bond acceptors (Lipinski definition) is 3. The second-order valence-electron chi connectivity index (χ2n) is 11.3. The zero-order valence-electron chi connectivity index (χ0n) is 19.6. The highest BCUT2D eigenvalue weighted by atomic mass is 32.2. The van der Waals surface area contributed by atoms with E-state index in [1.165, 1.54) is 50.7 Å². The standard InChI is InChI=1S/C25H33F3N2O3S/c1-29(16-24-13-17-10-18(14-24)12-19(11-17)15-24)23(31)20-6-8-30(9-7-20)34(32,33)22-5-3-2-4-21(22)25(26,27)28/h2-5,17-20H,6-16H2,1H3. The van der Waals surface area contributed by atoms with Crippen molar-refractivity contribution in [2.75, 3.05) is 26.7 Å². The van der Waals surface area contributed by atoms with Crippen LogP contribution >= 0.6 is 0 Å². The molecule has 4 saturated carbocycles. The van der Waals surface area contributed by atoms with Gasteiger partial charge in [0, 0.05) is 32.6 Å². The van der Waals surface area contributed by atoms with E-state index in [2.05, 4.69) is 0 Å². The van der Waals surface area contributed by atoms with Crippen molar-refractivity contribution >= 4 is 15.9 Å². The highest BCUT2D eigenvalue weighted by molar-refractivity contribution is 7.89. The summed E-state index contributed by atoms with van der Waals surface area (Å²) in [6.07, 6.45) is 3.60. The molecule has 1 saturated heterocycles. The molecule has 0 N–H and O–H groups in total. The molecule has 1 aromatic rings. The molecular weight excluding hydrogens is 465 g/mol. The fourth-order valence-electron chi connectivity index (χ4n) is 7.78. The van der Waals surface area contributed by atoms with Crippen LogP contribution in [0.25, 0.3) is 0 Å². The molecular formula is C25H33F3N2O3S. The van der Waals surface area contributed by atoms with E-state index in [1.54, 1.807) is 0 Å². The van der Waals surface area contributed by atoms with Gasteiger partial charge in [0.2, 0.25) is 15.9 Å². The Labute approximate surface area is 199 Å². The number of nitrogens with zero attached hydrogens (tertiary/aromatic N) is 2. The summed E-state index contributed by atoms with van der Waals surface area (Å²) in [6, 6.07) is 4.29. The molecule has 1 aliphatic heterocycles. The predicted octanol–water partition coefficient (Wildman–Crippen LogP) is 4.78. The highest BCUT2D eigenvalue weighted by Gasteiger charge is 2.51. The molecule has 0 spiro atoms. The minimum absolute atomic E-state index is 0.0449. The van der Waals surface area contributed by atoms with E-state index in [4.69, 9.17) is 0 Å². The van der Waals surface area contributed by atoms with E-state index in [-0.39, 0.29) is 30.3 Å². The second-order valence-corrected chi connectivity index (χ2v) is 13.2. The van der Waals surface area contributed by atoms with Gasteiger partial charge in [0.1, 0.15) is 0 Å². The molecule has 5 nitrogen and oxygen atoms in total. The van der Waals surface area contributed by atoms with Crippen molar-refractivity contribution in [3.05, 3.63) is 29.8 Å². The molecule has 5 aliphatic rings. The number of carbonyl (C=O) groups excluding carboxylic acids is 1. The van der Waals surface area contributed by atoms with E-state index >= 15 is 0 Å². The van der Waals surface area contributed by atoms with Crippen LogP contribution in [0.5, 0.6) is 0 Å². The first kappa shape index (κ1) is 24.1. The number of sulfonamides is 1. The minimum Gasteiger partial charge on any atom is -0.345 e. The molecule has 1 amide bonds. The number of amides is 1. The molecule has 0 radical (unpaired) electrons. The summed E-state index contributed by atoms with van der Waals surface area (Å²) < 4.78 is 67.3.